The molecule has 0 radical (unpaired) electrons. The summed E-state index contributed by atoms with van der Waals surface area (Å²) in [6.07, 6.45) is 4.84. The molecule has 1 aliphatic rings. The van der Waals surface area contributed by atoms with E-state index in [9.17, 15) is 8.42 Å². The molecular formula is C9H13N3O2S. The van der Waals surface area contributed by atoms with E-state index in [1.807, 2.05) is 0 Å². The summed E-state index contributed by atoms with van der Waals surface area (Å²) < 4.78 is 23.6. The third kappa shape index (κ3) is 2.51. The SMILES string of the molecule is O=S(=O)(C[C@@H]1CCCN1)c1ncccn1. The van der Waals surface area contributed by atoms with Crippen molar-refractivity contribution in [2.24, 2.45) is 0 Å². The number of nitrogens with zero attached hydrogens (tertiary/aromatic N) is 2. The molecular weight excluding hydrogens is 214 g/mol. The van der Waals surface area contributed by atoms with Crippen LogP contribution in [-0.2, 0) is 9.84 Å². The Labute approximate surface area is 88.9 Å². The molecule has 2 heterocycles. The van der Waals surface area contributed by atoms with Crippen LogP contribution in [0.5, 0.6) is 0 Å². The van der Waals surface area contributed by atoms with Crippen molar-refractivity contribution in [1.82, 2.24) is 15.3 Å². The van der Waals surface area contributed by atoms with E-state index in [0.717, 1.165) is 19.4 Å². The minimum Gasteiger partial charge on any atom is -0.313 e. The summed E-state index contributed by atoms with van der Waals surface area (Å²) in [6.45, 7) is 0.899. The van der Waals surface area contributed by atoms with Gasteiger partial charge >= 0.3 is 0 Å². The Hall–Kier alpha value is -1.01. The number of nitrogens with one attached hydrogen (secondary N) is 1. The van der Waals surface area contributed by atoms with Crippen molar-refractivity contribution in [1.29, 1.82) is 0 Å². The van der Waals surface area contributed by atoms with Crippen LogP contribution in [-0.4, -0.2) is 36.7 Å². The van der Waals surface area contributed by atoms with E-state index >= 15 is 0 Å². The zero-order valence-electron chi connectivity index (χ0n) is 8.26. The van der Waals surface area contributed by atoms with Gasteiger partial charge in [0.2, 0.25) is 15.0 Å². The highest BCUT2D eigenvalue weighted by molar-refractivity contribution is 7.91. The van der Waals surface area contributed by atoms with Crippen LogP contribution in [0, 0.1) is 0 Å². The van der Waals surface area contributed by atoms with E-state index in [2.05, 4.69) is 15.3 Å². The van der Waals surface area contributed by atoms with Crippen molar-refractivity contribution in [3.8, 4) is 0 Å². The second-order valence-corrected chi connectivity index (χ2v) is 5.53. The molecule has 5 nitrogen and oxygen atoms in total. The van der Waals surface area contributed by atoms with Crippen LogP contribution >= 0.6 is 0 Å². The molecule has 0 aromatic carbocycles. The van der Waals surface area contributed by atoms with Crippen LogP contribution in [0.4, 0.5) is 0 Å². The molecule has 1 aromatic heterocycles. The second kappa shape index (κ2) is 4.24. The monoisotopic (exact) mass is 227 g/mol. The molecule has 2 rings (SSSR count). The third-order valence-electron chi connectivity index (χ3n) is 2.40. The zero-order valence-corrected chi connectivity index (χ0v) is 9.07. The maximum atomic E-state index is 11.8. The Morgan fingerprint density at radius 2 is 2.13 bits per heavy atom. The smallest absolute Gasteiger partial charge is 0.247 e. The zero-order chi connectivity index (χ0) is 10.7. The average molecular weight is 227 g/mol. The minimum absolute atomic E-state index is 0.0545. The molecule has 1 N–H and O–H groups in total. The Bertz CT molecular complexity index is 412. The summed E-state index contributed by atoms with van der Waals surface area (Å²) >= 11 is 0. The van der Waals surface area contributed by atoms with Gasteiger partial charge in [-0.2, -0.15) is 0 Å². The lowest BCUT2D eigenvalue weighted by Crippen LogP contribution is -2.30. The molecule has 1 aromatic rings. The number of aromatic nitrogens is 2. The Kier molecular flexibility index (Phi) is 2.97. The average Bonchev–Trinajstić information content (AvgIpc) is 2.71. The summed E-state index contributed by atoms with van der Waals surface area (Å²) in [5, 5.41) is 3.08. The highest BCUT2D eigenvalue weighted by atomic mass is 32.2. The summed E-state index contributed by atoms with van der Waals surface area (Å²) in [4.78, 5) is 7.53. The predicted octanol–water partition coefficient (Wildman–Crippen LogP) is 0.00230. The number of sulfone groups is 1. The molecule has 0 amide bonds. The molecule has 0 saturated carbocycles. The van der Waals surface area contributed by atoms with Crippen molar-refractivity contribution >= 4 is 9.84 Å². The van der Waals surface area contributed by atoms with Crippen molar-refractivity contribution in [2.45, 2.75) is 24.0 Å². The van der Waals surface area contributed by atoms with Crippen LogP contribution in [0.3, 0.4) is 0 Å². The van der Waals surface area contributed by atoms with Gasteiger partial charge in [0.15, 0.2) is 0 Å². The number of hydrogen-bond donors (Lipinski definition) is 1. The van der Waals surface area contributed by atoms with E-state index < -0.39 is 9.84 Å². The standard InChI is InChI=1S/C9H13N3O2S/c13-15(14,7-8-3-1-4-10-8)9-11-5-2-6-12-9/h2,5-6,8,10H,1,3-4,7H2/t8-/m0/s1. The Morgan fingerprint density at radius 1 is 1.40 bits per heavy atom. The topological polar surface area (TPSA) is 72.0 Å². The quantitative estimate of drug-likeness (QED) is 0.736. The number of rotatable bonds is 3. The van der Waals surface area contributed by atoms with E-state index in [0.29, 0.717) is 0 Å². The van der Waals surface area contributed by atoms with Gasteiger partial charge in [0.05, 0.1) is 5.75 Å². The van der Waals surface area contributed by atoms with Gasteiger partial charge in [0, 0.05) is 18.4 Å². The highest BCUT2D eigenvalue weighted by Gasteiger charge is 2.25. The van der Waals surface area contributed by atoms with Crippen molar-refractivity contribution in [3.63, 3.8) is 0 Å². The van der Waals surface area contributed by atoms with E-state index in [4.69, 9.17) is 0 Å². The van der Waals surface area contributed by atoms with Crippen LogP contribution in [0.1, 0.15) is 12.8 Å². The third-order valence-corrected chi connectivity index (χ3v) is 4.01. The molecule has 1 saturated heterocycles. The van der Waals surface area contributed by atoms with E-state index in [1.165, 1.54) is 12.4 Å². The van der Waals surface area contributed by atoms with Gasteiger partial charge < -0.3 is 5.32 Å². The van der Waals surface area contributed by atoms with Gasteiger partial charge in [0.1, 0.15) is 0 Å². The molecule has 0 aliphatic carbocycles. The van der Waals surface area contributed by atoms with E-state index in [-0.39, 0.29) is 17.0 Å². The lowest BCUT2D eigenvalue weighted by molar-refractivity contribution is 0.568. The van der Waals surface area contributed by atoms with Gasteiger partial charge in [0.25, 0.3) is 0 Å². The molecule has 1 atom stereocenters. The van der Waals surface area contributed by atoms with Gasteiger partial charge in [-0.1, -0.05) is 0 Å². The fourth-order valence-corrected chi connectivity index (χ4v) is 3.09. The van der Waals surface area contributed by atoms with Crippen molar-refractivity contribution in [3.05, 3.63) is 18.5 Å². The normalized spacial score (nSPS) is 21.7. The predicted molar refractivity (Wildman–Crippen MR) is 55.1 cm³/mol. The summed E-state index contributed by atoms with van der Waals surface area (Å²) in [6, 6.07) is 1.66. The minimum atomic E-state index is -3.33. The molecule has 6 heteroatoms. The molecule has 1 fully saturated rings. The molecule has 82 valence electrons. The van der Waals surface area contributed by atoms with Crippen LogP contribution < -0.4 is 5.32 Å². The number of hydrogen-bond acceptors (Lipinski definition) is 5. The van der Waals surface area contributed by atoms with Crippen molar-refractivity contribution < 1.29 is 8.42 Å². The van der Waals surface area contributed by atoms with Gasteiger partial charge in [-0.25, -0.2) is 18.4 Å². The first-order chi connectivity index (χ1) is 7.18. The molecule has 0 unspecified atom stereocenters. The van der Waals surface area contributed by atoms with Gasteiger partial charge in [-0.05, 0) is 25.5 Å². The Balaban J connectivity index is 2.13. The molecule has 1 aliphatic heterocycles. The summed E-state index contributed by atoms with van der Waals surface area (Å²) in [5.74, 6) is 0.0943. The van der Waals surface area contributed by atoms with Crippen LogP contribution in [0.15, 0.2) is 23.6 Å². The second-order valence-electron chi connectivity index (χ2n) is 3.61. The van der Waals surface area contributed by atoms with Gasteiger partial charge in [-0.15, -0.1) is 0 Å². The largest absolute Gasteiger partial charge is 0.313 e. The first-order valence-corrected chi connectivity index (χ1v) is 6.57. The lowest BCUT2D eigenvalue weighted by Gasteiger charge is -2.09. The lowest BCUT2D eigenvalue weighted by atomic mass is 10.3. The van der Waals surface area contributed by atoms with Gasteiger partial charge in [-0.3, -0.25) is 0 Å². The maximum Gasteiger partial charge on any atom is 0.247 e. The summed E-state index contributed by atoms with van der Waals surface area (Å²) in [5.41, 5.74) is 0. The first-order valence-electron chi connectivity index (χ1n) is 4.92. The van der Waals surface area contributed by atoms with Crippen molar-refractivity contribution in [2.75, 3.05) is 12.3 Å². The fraction of sp³-hybridized carbons (Fsp3) is 0.556. The Morgan fingerprint density at radius 3 is 2.73 bits per heavy atom. The maximum absolute atomic E-state index is 11.8. The summed E-state index contributed by atoms with van der Waals surface area (Å²) in [7, 11) is -3.33. The van der Waals surface area contributed by atoms with E-state index in [1.54, 1.807) is 6.07 Å². The fourth-order valence-electron chi connectivity index (χ4n) is 1.68. The highest BCUT2D eigenvalue weighted by Crippen LogP contribution is 2.11. The van der Waals surface area contributed by atoms with Crippen LogP contribution in [0.2, 0.25) is 0 Å². The molecule has 0 bridgehead atoms. The molecule has 15 heavy (non-hydrogen) atoms. The molecule has 0 spiro atoms. The van der Waals surface area contributed by atoms with Crippen LogP contribution in [0.25, 0.3) is 0 Å². The first kappa shape index (κ1) is 10.5.